The van der Waals surface area contributed by atoms with Gasteiger partial charge in [-0.15, -0.1) is 0 Å². The van der Waals surface area contributed by atoms with Crippen LogP contribution in [0.4, 0.5) is 11.4 Å². The summed E-state index contributed by atoms with van der Waals surface area (Å²) in [5, 5.41) is 17.2. The zero-order valence-electron chi connectivity index (χ0n) is 14.7. The number of nitrogens with zero attached hydrogens (tertiary/aromatic N) is 1. The summed E-state index contributed by atoms with van der Waals surface area (Å²) >= 11 is 0. The van der Waals surface area contributed by atoms with Gasteiger partial charge < -0.3 is 10.6 Å². The summed E-state index contributed by atoms with van der Waals surface area (Å²) in [5.74, 6) is 1.22. The Labute approximate surface area is 143 Å². The van der Waals surface area contributed by atoms with E-state index in [0.29, 0.717) is 36.2 Å². The molecule has 1 amide bonds. The average Bonchev–Trinajstić information content (AvgIpc) is 2.53. The Bertz CT molecular complexity index is 603. The molecule has 1 fully saturated rings. The van der Waals surface area contributed by atoms with E-state index in [0.717, 1.165) is 12.3 Å². The number of carbonyl (C=O) groups is 1. The lowest BCUT2D eigenvalue weighted by Crippen LogP contribution is -2.41. The van der Waals surface area contributed by atoms with Crippen LogP contribution in [0.15, 0.2) is 18.2 Å². The summed E-state index contributed by atoms with van der Waals surface area (Å²) in [6, 6.07) is 5.20. The average molecular weight is 333 g/mol. The number of nitrogens with one attached hydrogen (secondary N) is 2. The number of carbonyl (C=O) groups excluding carboxylic acids is 1. The molecule has 1 saturated carbocycles. The van der Waals surface area contributed by atoms with Crippen LogP contribution in [0, 0.1) is 28.9 Å². The van der Waals surface area contributed by atoms with Crippen LogP contribution in [0.5, 0.6) is 0 Å². The topological polar surface area (TPSA) is 84.3 Å². The van der Waals surface area contributed by atoms with Crippen LogP contribution >= 0.6 is 0 Å². The van der Waals surface area contributed by atoms with E-state index in [-0.39, 0.29) is 11.6 Å². The number of hydrogen-bond acceptors (Lipinski definition) is 4. The Morgan fingerprint density at radius 1 is 1.33 bits per heavy atom. The van der Waals surface area contributed by atoms with Gasteiger partial charge in [0.1, 0.15) is 0 Å². The first-order chi connectivity index (χ1) is 11.4. The fourth-order valence-electron chi connectivity index (χ4n) is 3.41. The maximum Gasteiger partial charge on any atom is 0.274 e. The second kappa shape index (κ2) is 8.24. The first-order valence-corrected chi connectivity index (χ1v) is 8.67. The zero-order valence-corrected chi connectivity index (χ0v) is 14.7. The molecular formula is C18H27N3O3. The van der Waals surface area contributed by atoms with Crippen molar-refractivity contribution in [2.45, 2.75) is 52.5 Å². The van der Waals surface area contributed by atoms with E-state index in [1.807, 2.05) is 0 Å². The lowest BCUT2D eigenvalue weighted by Gasteiger charge is -2.34. The number of rotatable bonds is 6. The minimum absolute atomic E-state index is 0.0240. The van der Waals surface area contributed by atoms with Crippen molar-refractivity contribution in [3.8, 4) is 0 Å². The summed E-state index contributed by atoms with van der Waals surface area (Å²) in [5.41, 5.74) is 1.02. The van der Waals surface area contributed by atoms with E-state index in [9.17, 15) is 14.9 Å². The van der Waals surface area contributed by atoms with Gasteiger partial charge in [-0.1, -0.05) is 32.8 Å². The maximum absolute atomic E-state index is 12.1. The monoisotopic (exact) mass is 333 g/mol. The van der Waals surface area contributed by atoms with Crippen molar-refractivity contribution in [2.75, 3.05) is 11.9 Å². The fraction of sp³-hybridized carbons (Fsp3) is 0.611. The molecule has 0 saturated heterocycles. The van der Waals surface area contributed by atoms with Crippen LogP contribution in [0.25, 0.3) is 0 Å². The number of benzene rings is 1. The summed E-state index contributed by atoms with van der Waals surface area (Å²) in [6.07, 6.45) is 4.05. The largest absolute Gasteiger partial charge is 0.326 e. The predicted octanol–water partition coefficient (Wildman–Crippen LogP) is 3.65. The minimum atomic E-state index is -0.432. The molecule has 1 aromatic carbocycles. The van der Waals surface area contributed by atoms with Gasteiger partial charge in [-0.25, -0.2) is 0 Å². The summed E-state index contributed by atoms with van der Waals surface area (Å²) < 4.78 is 0. The van der Waals surface area contributed by atoms with Crippen molar-refractivity contribution in [2.24, 2.45) is 11.8 Å². The van der Waals surface area contributed by atoms with Gasteiger partial charge in [0.25, 0.3) is 5.69 Å². The molecule has 1 aliphatic carbocycles. The second-order valence-corrected chi connectivity index (χ2v) is 6.83. The van der Waals surface area contributed by atoms with E-state index in [4.69, 9.17) is 0 Å². The molecule has 0 heterocycles. The molecule has 0 aliphatic heterocycles. The van der Waals surface area contributed by atoms with E-state index in [2.05, 4.69) is 24.5 Å². The smallest absolute Gasteiger partial charge is 0.274 e. The van der Waals surface area contributed by atoms with E-state index >= 15 is 0 Å². The van der Waals surface area contributed by atoms with Crippen molar-refractivity contribution < 1.29 is 9.72 Å². The summed E-state index contributed by atoms with van der Waals surface area (Å²) in [4.78, 5) is 22.6. The Morgan fingerprint density at radius 2 is 2.08 bits per heavy atom. The number of nitro benzene ring substituents is 1. The van der Waals surface area contributed by atoms with Gasteiger partial charge in [0.15, 0.2) is 0 Å². The highest BCUT2D eigenvalue weighted by molar-refractivity contribution is 5.92. The van der Waals surface area contributed by atoms with Crippen LogP contribution in [-0.2, 0) is 4.79 Å². The fourth-order valence-corrected chi connectivity index (χ4v) is 3.41. The lowest BCUT2D eigenvalue weighted by molar-refractivity contribution is -0.385. The van der Waals surface area contributed by atoms with E-state index < -0.39 is 4.92 Å². The molecule has 0 aromatic heterocycles. The molecule has 0 spiro atoms. The van der Waals surface area contributed by atoms with Crippen molar-refractivity contribution in [1.29, 1.82) is 0 Å². The van der Waals surface area contributed by atoms with E-state index in [1.165, 1.54) is 18.9 Å². The molecule has 3 unspecified atom stereocenters. The first-order valence-electron chi connectivity index (χ1n) is 8.67. The quantitative estimate of drug-likeness (QED) is 0.615. The second-order valence-electron chi connectivity index (χ2n) is 6.83. The van der Waals surface area contributed by atoms with Crippen LogP contribution < -0.4 is 10.6 Å². The van der Waals surface area contributed by atoms with Crippen LogP contribution in [0.2, 0.25) is 0 Å². The number of anilines is 1. The van der Waals surface area contributed by atoms with Crippen molar-refractivity contribution >= 4 is 17.3 Å². The third-order valence-electron chi connectivity index (χ3n) is 5.24. The Kier molecular flexibility index (Phi) is 6.31. The first kappa shape index (κ1) is 18.4. The molecule has 132 valence electrons. The lowest BCUT2D eigenvalue weighted by atomic mass is 9.78. The van der Waals surface area contributed by atoms with E-state index in [1.54, 1.807) is 19.1 Å². The number of hydrogen-bond donors (Lipinski definition) is 2. The van der Waals surface area contributed by atoms with Crippen molar-refractivity contribution in [3.63, 3.8) is 0 Å². The van der Waals surface area contributed by atoms with Gasteiger partial charge in [-0.3, -0.25) is 14.9 Å². The van der Waals surface area contributed by atoms with Gasteiger partial charge in [0.05, 0.1) is 16.2 Å². The highest BCUT2D eigenvalue weighted by atomic mass is 16.6. The molecule has 6 heteroatoms. The number of nitro groups is 1. The highest BCUT2D eigenvalue weighted by Crippen LogP contribution is 2.29. The van der Waals surface area contributed by atoms with Gasteiger partial charge in [-0.2, -0.15) is 0 Å². The molecule has 0 bridgehead atoms. The highest BCUT2D eigenvalue weighted by Gasteiger charge is 2.26. The predicted molar refractivity (Wildman–Crippen MR) is 95.0 cm³/mol. The molecule has 6 nitrogen and oxygen atoms in total. The third-order valence-corrected chi connectivity index (χ3v) is 5.24. The SMILES string of the molecule is Cc1c(NC(=O)CCNC2CCCC(C)C2C)cccc1[N+](=O)[O-]. The van der Waals surface area contributed by atoms with Crippen LogP contribution in [-0.4, -0.2) is 23.4 Å². The normalized spacial score (nSPS) is 23.7. The zero-order chi connectivity index (χ0) is 17.7. The molecule has 0 radical (unpaired) electrons. The summed E-state index contributed by atoms with van der Waals surface area (Å²) in [6.45, 7) is 6.84. The van der Waals surface area contributed by atoms with Gasteiger partial charge in [0, 0.05) is 25.1 Å². The molecule has 2 rings (SSSR count). The molecule has 3 atom stereocenters. The van der Waals surface area contributed by atoms with Gasteiger partial charge in [0.2, 0.25) is 5.91 Å². The molecule has 1 aliphatic rings. The van der Waals surface area contributed by atoms with Crippen molar-refractivity contribution in [1.82, 2.24) is 5.32 Å². The summed E-state index contributed by atoms with van der Waals surface area (Å²) in [7, 11) is 0. The molecule has 2 N–H and O–H groups in total. The molecule has 24 heavy (non-hydrogen) atoms. The van der Waals surface area contributed by atoms with Crippen LogP contribution in [0.3, 0.4) is 0 Å². The van der Waals surface area contributed by atoms with Gasteiger partial charge >= 0.3 is 0 Å². The molecule has 1 aromatic rings. The van der Waals surface area contributed by atoms with Gasteiger partial charge in [-0.05, 0) is 31.2 Å². The number of amides is 1. The van der Waals surface area contributed by atoms with Crippen LogP contribution in [0.1, 0.15) is 45.1 Å². The Balaban J connectivity index is 1.84. The minimum Gasteiger partial charge on any atom is -0.326 e. The van der Waals surface area contributed by atoms with Crippen molar-refractivity contribution in [3.05, 3.63) is 33.9 Å². The Hall–Kier alpha value is -1.95. The molecular weight excluding hydrogens is 306 g/mol. The third kappa shape index (κ3) is 4.54. The standard InChI is InChI=1S/C18H27N3O3/c1-12-6-4-7-15(13(12)2)19-11-10-18(22)20-16-8-5-9-17(14(16)3)21(23)24/h5,8-9,12-13,15,19H,4,6-7,10-11H2,1-3H3,(H,20,22). The Morgan fingerprint density at radius 3 is 2.79 bits per heavy atom. The maximum atomic E-state index is 12.1.